The molecule has 0 fully saturated rings. The van der Waals surface area contributed by atoms with Gasteiger partial charge < -0.3 is 0 Å². The van der Waals surface area contributed by atoms with E-state index in [-0.39, 0.29) is 64.1 Å². The van der Waals surface area contributed by atoms with Crippen molar-refractivity contribution in [3.8, 4) is 0 Å². The van der Waals surface area contributed by atoms with Crippen LogP contribution in [0.3, 0.4) is 0 Å². The van der Waals surface area contributed by atoms with Gasteiger partial charge >= 0.3 is 0 Å². The van der Waals surface area contributed by atoms with Crippen LogP contribution in [0.25, 0.3) is 0 Å². The molecule has 1 unspecified atom stereocenters. The highest BCUT2D eigenvalue weighted by Crippen LogP contribution is 2.50. The number of carbonyl (C=O) groups excluding carboxylic acids is 8. The molecule has 4 aliphatic rings. The Balaban J connectivity index is 0.000000194. The minimum Gasteiger partial charge on any atom is -0.272 e. The number of imide groups is 4. The van der Waals surface area contributed by atoms with Crippen LogP contribution in [0.5, 0.6) is 0 Å². The molecule has 8 amide bonds. The lowest BCUT2D eigenvalue weighted by atomic mass is 10.1. The Morgan fingerprint density at radius 1 is 0.277 bits per heavy atom. The van der Waals surface area contributed by atoms with Gasteiger partial charge in [-0.25, -0.2) is 0 Å². The zero-order valence-corrected chi connectivity index (χ0v) is 56.2. The van der Waals surface area contributed by atoms with Gasteiger partial charge in [-0.3, -0.25) is 58.0 Å². The van der Waals surface area contributed by atoms with Gasteiger partial charge in [0, 0.05) is 84.7 Å². The Kier molecular flexibility index (Phi) is 16.8. The number of nitrogens with zero attached hydrogens (tertiary/aromatic N) is 4. The van der Waals surface area contributed by atoms with E-state index in [1.807, 2.05) is 0 Å². The summed E-state index contributed by atoms with van der Waals surface area (Å²) in [5, 5.41) is 0. The second-order valence-corrected chi connectivity index (χ2v) is 26.3. The molecular formula is C37H10Br16N4O8. The summed E-state index contributed by atoms with van der Waals surface area (Å²) in [6.45, 7) is 1.16. The molecule has 0 aliphatic carbocycles. The number of fused-ring (bicyclic) bond motifs is 4. The number of rotatable bonds is 6. The highest BCUT2D eigenvalue weighted by molar-refractivity contribution is 9.17. The number of carbonyl (C=O) groups is 8. The highest BCUT2D eigenvalue weighted by atomic mass is 79.9. The molecule has 4 heterocycles. The zero-order valence-electron chi connectivity index (χ0n) is 30.8. The molecule has 0 saturated heterocycles. The predicted molar refractivity (Wildman–Crippen MR) is 295 cm³/mol. The van der Waals surface area contributed by atoms with Crippen molar-refractivity contribution < 1.29 is 38.4 Å². The molecule has 0 spiro atoms. The Bertz CT molecular complexity index is 2770. The molecule has 4 aromatic carbocycles. The Morgan fingerprint density at radius 2 is 0.446 bits per heavy atom. The van der Waals surface area contributed by atoms with Gasteiger partial charge in [-0.15, -0.1) is 0 Å². The van der Waals surface area contributed by atoms with Gasteiger partial charge in [0.15, 0.2) is 0 Å². The summed E-state index contributed by atoms with van der Waals surface area (Å²) >= 11 is 54.1. The summed E-state index contributed by atoms with van der Waals surface area (Å²) in [7, 11) is 0. The maximum absolute atomic E-state index is 13.2. The van der Waals surface area contributed by atoms with Crippen molar-refractivity contribution in [1.82, 2.24) is 19.6 Å². The quantitative estimate of drug-likeness (QED) is 0.105. The standard InChI is InChI=1S/C19H6Br8N2O4.C18H4Br8N2O4/c1-3(29-18(32)6-7(19(29)33)11(23)15(27)14(26)10(6)22)2-28-16(30)4-5(17(28)31)9(21)13(25)12(24)8(4)20;19-7-3-4(8(20)12(24)11(7)23)16(30)27(15(3)29)1-2-28-17(31)5-6(18(28)32)10(22)14(26)13(25)9(5)21/h3H,2H2,1H3;1-2H2. The van der Waals surface area contributed by atoms with Crippen LogP contribution in [0.1, 0.15) is 89.8 Å². The molecule has 4 aliphatic heterocycles. The first-order valence-electron chi connectivity index (χ1n) is 17.1. The second-order valence-electron chi connectivity index (χ2n) is 13.6. The van der Waals surface area contributed by atoms with Crippen LogP contribution in [0, 0.1) is 0 Å². The minimum atomic E-state index is -0.777. The first-order valence-corrected chi connectivity index (χ1v) is 29.8. The fourth-order valence-electron chi connectivity index (χ4n) is 7.07. The average molecular weight is 1920 g/mol. The summed E-state index contributed by atoms with van der Waals surface area (Å²) in [4.78, 5) is 109. The van der Waals surface area contributed by atoms with E-state index in [0.29, 0.717) is 71.6 Å². The van der Waals surface area contributed by atoms with Gasteiger partial charge in [0.05, 0.1) is 57.1 Å². The lowest BCUT2D eigenvalue weighted by Crippen LogP contribution is -2.46. The van der Waals surface area contributed by atoms with Crippen LogP contribution in [0.15, 0.2) is 71.6 Å². The van der Waals surface area contributed by atoms with Gasteiger partial charge in [-0.1, -0.05) is 0 Å². The lowest BCUT2D eigenvalue weighted by Gasteiger charge is -2.26. The smallest absolute Gasteiger partial charge is 0.263 e. The Hall–Kier alpha value is 1.12. The van der Waals surface area contributed by atoms with Crippen molar-refractivity contribution in [2.45, 2.75) is 13.0 Å². The van der Waals surface area contributed by atoms with E-state index in [9.17, 15) is 38.4 Å². The van der Waals surface area contributed by atoms with Gasteiger partial charge in [0.2, 0.25) is 0 Å². The van der Waals surface area contributed by atoms with E-state index in [0.717, 1.165) is 19.6 Å². The monoisotopic (exact) mass is 1900 g/mol. The molecule has 4 aromatic rings. The van der Waals surface area contributed by atoms with E-state index in [1.54, 1.807) is 6.92 Å². The molecule has 8 rings (SSSR count). The maximum atomic E-state index is 13.2. The maximum Gasteiger partial charge on any atom is 0.263 e. The van der Waals surface area contributed by atoms with E-state index >= 15 is 0 Å². The van der Waals surface area contributed by atoms with E-state index < -0.39 is 53.3 Å². The van der Waals surface area contributed by atoms with Gasteiger partial charge in [0.1, 0.15) is 0 Å². The molecule has 338 valence electrons. The highest BCUT2D eigenvalue weighted by Gasteiger charge is 2.48. The molecule has 28 heteroatoms. The third-order valence-electron chi connectivity index (χ3n) is 10.1. The summed E-state index contributed by atoms with van der Waals surface area (Å²) in [5.74, 6) is -4.16. The van der Waals surface area contributed by atoms with Crippen LogP contribution >= 0.6 is 255 Å². The van der Waals surface area contributed by atoms with Crippen LogP contribution in [0.2, 0.25) is 0 Å². The molecule has 1 atom stereocenters. The summed E-state index contributed by atoms with van der Waals surface area (Å²) in [6.07, 6.45) is 0. The molecule has 65 heavy (non-hydrogen) atoms. The van der Waals surface area contributed by atoms with E-state index in [1.165, 1.54) is 0 Å². The first kappa shape index (κ1) is 53.9. The molecular weight excluding hydrogens is 1910 g/mol. The van der Waals surface area contributed by atoms with E-state index in [4.69, 9.17) is 0 Å². The number of amides is 8. The summed E-state index contributed by atoms with van der Waals surface area (Å²) in [5.41, 5.74) is 1.64. The average Bonchev–Trinajstić information content (AvgIpc) is 3.87. The number of benzene rings is 4. The van der Waals surface area contributed by atoms with Crippen LogP contribution in [-0.2, 0) is 0 Å². The van der Waals surface area contributed by atoms with Crippen molar-refractivity contribution in [1.29, 1.82) is 0 Å². The normalized spacial score (nSPS) is 15.7. The Labute approximate surface area is 501 Å². The predicted octanol–water partition coefficient (Wildman–Crippen LogP) is 15.7. The largest absolute Gasteiger partial charge is 0.272 e. The van der Waals surface area contributed by atoms with Crippen molar-refractivity contribution in [3.05, 3.63) is 116 Å². The van der Waals surface area contributed by atoms with Crippen molar-refractivity contribution in [2.24, 2.45) is 0 Å². The molecule has 0 N–H and O–H groups in total. The minimum absolute atomic E-state index is 0.149. The van der Waals surface area contributed by atoms with Crippen LogP contribution in [0.4, 0.5) is 0 Å². The number of halogens is 16. The van der Waals surface area contributed by atoms with Crippen LogP contribution < -0.4 is 0 Å². The van der Waals surface area contributed by atoms with Gasteiger partial charge in [0.25, 0.3) is 47.3 Å². The number of hydrogen-bond donors (Lipinski definition) is 0. The van der Waals surface area contributed by atoms with Gasteiger partial charge in [-0.05, 0) is 262 Å². The zero-order chi connectivity index (χ0) is 48.5. The Morgan fingerprint density at radius 3 is 0.646 bits per heavy atom. The van der Waals surface area contributed by atoms with E-state index in [2.05, 4.69) is 255 Å². The van der Waals surface area contributed by atoms with Crippen molar-refractivity contribution in [2.75, 3.05) is 19.6 Å². The lowest BCUT2D eigenvalue weighted by molar-refractivity contribution is 0.0492. The van der Waals surface area contributed by atoms with Crippen molar-refractivity contribution in [3.63, 3.8) is 0 Å². The van der Waals surface area contributed by atoms with Crippen molar-refractivity contribution >= 4 is 302 Å². The third-order valence-corrected chi connectivity index (χ3v) is 29.2. The topological polar surface area (TPSA) is 150 Å². The molecule has 0 bridgehead atoms. The molecule has 0 saturated carbocycles. The summed E-state index contributed by atoms with van der Waals surface area (Å²) in [6, 6.07) is -0.777. The SMILES string of the molecule is CC(CN1C(=O)c2c(Br)c(Br)c(Br)c(Br)c2C1=O)N1C(=O)c2c(Br)c(Br)c(Br)c(Br)c2C1=O.O=C1c2c(Br)c(Br)c(Br)c(Br)c2C(=O)N1CCN1C(=O)c2c(Br)c(Br)c(Br)c(Br)c2C1=O. The van der Waals surface area contributed by atoms with Gasteiger partial charge in [-0.2, -0.15) is 0 Å². The fraction of sp³-hybridized carbons (Fsp3) is 0.135. The second kappa shape index (κ2) is 20.2. The number of hydrogen-bond acceptors (Lipinski definition) is 8. The molecule has 12 nitrogen and oxygen atoms in total. The molecule has 0 aromatic heterocycles. The summed E-state index contributed by atoms with van der Waals surface area (Å²) < 4.78 is 8.12. The van der Waals surface area contributed by atoms with Crippen LogP contribution in [-0.4, -0.2) is 92.5 Å². The molecule has 0 radical (unpaired) electrons. The fourth-order valence-corrected chi connectivity index (χ4v) is 16.9. The third kappa shape index (κ3) is 8.56. The first-order chi connectivity index (χ1) is 30.2.